The van der Waals surface area contributed by atoms with Gasteiger partial charge in [0.05, 0.1) is 18.2 Å². The normalized spacial score (nSPS) is 24.2. The summed E-state index contributed by atoms with van der Waals surface area (Å²) in [5.41, 5.74) is 1.69. The molecule has 1 amide bonds. The number of carbonyl (C=O) groups excluding carboxylic acids is 1. The number of halogens is 1. The Morgan fingerprint density at radius 3 is 2.78 bits per heavy atom. The van der Waals surface area contributed by atoms with E-state index in [0.29, 0.717) is 18.0 Å². The maximum atomic E-state index is 14.5. The summed E-state index contributed by atoms with van der Waals surface area (Å²) in [5.74, 6) is 0.0162. The molecule has 4 rings (SSSR count). The number of aryl methyl sites for hydroxylation is 1. The van der Waals surface area contributed by atoms with Crippen molar-refractivity contribution < 1.29 is 9.18 Å². The van der Waals surface area contributed by atoms with Crippen molar-refractivity contribution in [1.29, 1.82) is 0 Å². The predicted molar refractivity (Wildman–Crippen MR) is 102 cm³/mol. The molecule has 27 heavy (non-hydrogen) atoms. The molecule has 1 aliphatic heterocycles. The number of rotatable bonds is 5. The summed E-state index contributed by atoms with van der Waals surface area (Å²) in [6, 6.07) is 6.59. The first kappa shape index (κ1) is 18.2. The van der Waals surface area contributed by atoms with Crippen LogP contribution in [0.25, 0.3) is 0 Å². The van der Waals surface area contributed by atoms with Crippen molar-refractivity contribution in [2.75, 3.05) is 13.1 Å². The number of nitrogens with one attached hydrogen (secondary N) is 2. The maximum absolute atomic E-state index is 14.5. The van der Waals surface area contributed by atoms with Crippen LogP contribution in [-0.4, -0.2) is 28.8 Å². The van der Waals surface area contributed by atoms with Gasteiger partial charge in [-0.25, -0.2) is 4.39 Å². The highest BCUT2D eigenvalue weighted by Gasteiger charge is 2.37. The smallest absolute Gasteiger partial charge is 0.225 e. The fourth-order valence-electron chi connectivity index (χ4n) is 4.66. The van der Waals surface area contributed by atoms with E-state index in [4.69, 9.17) is 0 Å². The molecule has 2 fully saturated rings. The van der Waals surface area contributed by atoms with E-state index >= 15 is 0 Å². The first-order valence-corrected chi connectivity index (χ1v) is 9.87. The minimum atomic E-state index is -0.253. The molecule has 1 aromatic heterocycles. The van der Waals surface area contributed by atoms with Crippen LogP contribution in [-0.2, 0) is 11.8 Å². The third-order valence-corrected chi connectivity index (χ3v) is 6.11. The second kappa shape index (κ2) is 7.80. The van der Waals surface area contributed by atoms with Crippen LogP contribution in [0.3, 0.4) is 0 Å². The average Bonchev–Trinajstić information content (AvgIpc) is 3.41. The molecule has 1 unspecified atom stereocenters. The average molecular weight is 370 g/mol. The lowest BCUT2D eigenvalue weighted by Crippen LogP contribution is -2.39. The van der Waals surface area contributed by atoms with Gasteiger partial charge < -0.3 is 10.6 Å². The van der Waals surface area contributed by atoms with Crippen molar-refractivity contribution in [2.24, 2.45) is 18.9 Å². The van der Waals surface area contributed by atoms with Crippen molar-refractivity contribution in [1.82, 2.24) is 20.4 Å². The Morgan fingerprint density at radius 2 is 2.07 bits per heavy atom. The Morgan fingerprint density at radius 1 is 1.30 bits per heavy atom. The van der Waals surface area contributed by atoms with Gasteiger partial charge in [-0.15, -0.1) is 0 Å². The van der Waals surface area contributed by atoms with Crippen LogP contribution in [0.15, 0.2) is 36.7 Å². The van der Waals surface area contributed by atoms with Gasteiger partial charge in [0.25, 0.3) is 0 Å². The molecule has 0 spiro atoms. The van der Waals surface area contributed by atoms with E-state index in [1.807, 2.05) is 31.6 Å². The molecular weight excluding hydrogens is 343 g/mol. The highest BCUT2D eigenvalue weighted by molar-refractivity contribution is 5.81. The van der Waals surface area contributed by atoms with E-state index in [0.717, 1.165) is 37.8 Å². The molecular formula is C21H27FN4O. The van der Waals surface area contributed by atoms with Gasteiger partial charge in [-0.05, 0) is 30.4 Å². The molecule has 2 aliphatic rings. The molecule has 144 valence electrons. The second-order valence-electron chi connectivity index (χ2n) is 7.87. The Hall–Kier alpha value is -2.21. The topological polar surface area (TPSA) is 59.0 Å². The van der Waals surface area contributed by atoms with E-state index in [1.54, 1.807) is 10.7 Å². The van der Waals surface area contributed by atoms with Crippen molar-refractivity contribution in [3.05, 3.63) is 53.6 Å². The summed E-state index contributed by atoms with van der Waals surface area (Å²) in [5, 5.41) is 10.8. The van der Waals surface area contributed by atoms with E-state index in [1.165, 1.54) is 6.07 Å². The molecule has 1 saturated heterocycles. The van der Waals surface area contributed by atoms with Gasteiger partial charge in [0, 0.05) is 37.8 Å². The third kappa shape index (κ3) is 3.76. The van der Waals surface area contributed by atoms with Crippen LogP contribution < -0.4 is 10.6 Å². The first-order chi connectivity index (χ1) is 13.1. The van der Waals surface area contributed by atoms with Crippen LogP contribution in [0.5, 0.6) is 0 Å². The van der Waals surface area contributed by atoms with Gasteiger partial charge in [-0.3, -0.25) is 9.48 Å². The zero-order valence-electron chi connectivity index (χ0n) is 15.7. The Kier molecular flexibility index (Phi) is 5.25. The zero-order chi connectivity index (χ0) is 18.8. The van der Waals surface area contributed by atoms with Crippen molar-refractivity contribution in [2.45, 2.75) is 37.6 Å². The minimum Gasteiger partial charge on any atom is -0.349 e. The quantitative estimate of drug-likeness (QED) is 0.851. The molecule has 1 aromatic carbocycles. The molecule has 2 heterocycles. The largest absolute Gasteiger partial charge is 0.349 e. The molecule has 2 aromatic rings. The molecule has 1 saturated carbocycles. The van der Waals surface area contributed by atoms with E-state index in [9.17, 15) is 9.18 Å². The van der Waals surface area contributed by atoms with Gasteiger partial charge in [0.2, 0.25) is 5.91 Å². The number of amides is 1. The summed E-state index contributed by atoms with van der Waals surface area (Å²) in [4.78, 5) is 13.2. The summed E-state index contributed by atoms with van der Waals surface area (Å²) in [7, 11) is 1.88. The number of carbonyl (C=O) groups is 1. The molecule has 6 heteroatoms. The van der Waals surface area contributed by atoms with Gasteiger partial charge in [0.15, 0.2) is 0 Å². The standard InChI is InChI=1S/C21H27FN4O/c1-26-13-15(10-24-26)17-11-23-12-18(17)21(27)25-20(14-6-2-3-7-14)16-8-4-5-9-19(16)22/h4-5,8-10,13-14,17-18,20,23H,2-3,6-7,11-12H2,1H3,(H,25,27)/t17-,18+,20?/m1/s1. The fraction of sp³-hybridized carbons (Fsp3) is 0.524. The minimum absolute atomic E-state index is 0.00834. The van der Waals surface area contributed by atoms with Crippen molar-refractivity contribution >= 4 is 5.91 Å². The number of nitrogens with zero attached hydrogens (tertiary/aromatic N) is 2. The van der Waals surface area contributed by atoms with Crippen LogP contribution in [0.4, 0.5) is 4.39 Å². The van der Waals surface area contributed by atoms with Crippen LogP contribution in [0, 0.1) is 17.7 Å². The van der Waals surface area contributed by atoms with Crippen LogP contribution in [0.2, 0.25) is 0 Å². The van der Waals surface area contributed by atoms with E-state index in [-0.39, 0.29) is 29.6 Å². The highest BCUT2D eigenvalue weighted by Crippen LogP contribution is 2.37. The van der Waals surface area contributed by atoms with Gasteiger partial charge in [-0.2, -0.15) is 5.10 Å². The molecule has 1 aliphatic carbocycles. The van der Waals surface area contributed by atoms with E-state index in [2.05, 4.69) is 15.7 Å². The molecule has 2 N–H and O–H groups in total. The number of aromatic nitrogens is 2. The van der Waals surface area contributed by atoms with Crippen molar-refractivity contribution in [3.8, 4) is 0 Å². The SMILES string of the molecule is Cn1cc([C@H]2CNC[C@@H]2C(=O)NC(c2ccccc2F)C2CCCC2)cn1. The maximum Gasteiger partial charge on any atom is 0.225 e. The number of hydrogen-bond donors (Lipinski definition) is 2. The van der Waals surface area contributed by atoms with E-state index < -0.39 is 0 Å². The predicted octanol–water partition coefficient (Wildman–Crippen LogP) is 2.91. The summed E-state index contributed by atoms with van der Waals surface area (Å²) in [6.07, 6.45) is 8.18. The Balaban J connectivity index is 1.55. The number of hydrogen-bond acceptors (Lipinski definition) is 3. The van der Waals surface area contributed by atoms with Gasteiger partial charge in [-0.1, -0.05) is 31.0 Å². The molecule has 3 atom stereocenters. The lowest BCUT2D eigenvalue weighted by Gasteiger charge is -2.28. The van der Waals surface area contributed by atoms with Crippen molar-refractivity contribution in [3.63, 3.8) is 0 Å². The zero-order valence-corrected chi connectivity index (χ0v) is 15.7. The Bertz CT molecular complexity index is 799. The molecule has 5 nitrogen and oxygen atoms in total. The monoisotopic (exact) mass is 370 g/mol. The summed E-state index contributed by atoms with van der Waals surface area (Å²) < 4.78 is 16.3. The summed E-state index contributed by atoms with van der Waals surface area (Å²) in [6.45, 7) is 1.40. The fourth-order valence-corrected chi connectivity index (χ4v) is 4.66. The van der Waals surface area contributed by atoms with Crippen LogP contribution in [0.1, 0.15) is 48.8 Å². The lowest BCUT2D eigenvalue weighted by molar-refractivity contribution is -0.126. The van der Waals surface area contributed by atoms with Gasteiger partial charge in [0.1, 0.15) is 5.82 Å². The first-order valence-electron chi connectivity index (χ1n) is 9.87. The lowest BCUT2D eigenvalue weighted by atomic mass is 9.87. The number of benzene rings is 1. The Labute approximate surface area is 159 Å². The van der Waals surface area contributed by atoms with Gasteiger partial charge >= 0.3 is 0 Å². The highest BCUT2D eigenvalue weighted by atomic mass is 19.1. The summed E-state index contributed by atoms with van der Waals surface area (Å²) >= 11 is 0. The molecule has 0 radical (unpaired) electrons. The third-order valence-electron chi connectivity index (χ3n) is 6.11. The van der Waals surface area contributed by atoms with Crippen LogP contribution >= 0.6 is 0 Å². The molecule has 0 bridgehead atoms. The second-order valence-corrected chi connectivity index (χ2v) is 7.87.